The molecule has 2 N–H and O–H groups in total. The monoisotopic (exact) mass is 378 g/mol. The van der Waals surface area contributed by atoms with E-state index in [-0.39, 0.29) is 9.92 Å². The van der Waals surface area contributed by atoms with Gasteiger partial charge in [-0.1, -0.05) is 17.7 Å². The quantitative estimate of drug-likeness (QED) is 0.785. The molecule has 0 aliphatic rings. The maximum Gasteiger partial charge on any atom is 0.241 e. The molecule has 10 heteroatoms. The van der Waals surface area contributed by atoms with Gasteiger partial charge in [-0.25, -0.2) is 26.3 Å². The molecule has 0 saturated heterocycles. The van der Waals surface area contributed by atoms with Crippen molar-refractivity contribution in [2.24, 2.45) is 0 Å². The Morgan fingerprint density at radius 3 is 2.46 bits per heavy atom. The van der Waals surface area contributed by atoms with Crippen LogP contribution in [-0.4, -0.2) is 20.9 Å². The van der Waals surface area contributed by atoms with Gasteiger partial charge in [-0.15, -0.1) is 0 Å². The van der Waals surface area contributed by atoms with Crippen LogP contribution in [0.4, 0.5) is 18.9 Å². The van der Waals surface area contributed by atoms with Crippen LogP contribution in [0.25, 0.3) is 0 Å². The van der Waals surface area contributed by atoms with Crippen LogP contribution in [0.3, 0.4) is 0 Å². The predicted octanol–water partition coefficient (Wildman–Crippen LogP) is 2.67. The van der Waals surface area contributed by atoms with Gasteiger partial charge in [-0.2, -0.15) is 0 Å². The van der Waals surface area contributed by atoms with E-state index in [1.807, 2.05) is 10.0 Å². The Bertz CT molecular complexity index is 891. The van der Waals surface area contributed by atoms with Gasteiger partial charge in [0.15, 0.2) is 17.5 Å². The Morgan fingerprint density at radius 2 is 1.79 bits per heavy atom. The van der Waals surface area contributed by atoms with E-state index in [0.717, 1.165) is 6.07 Å². The number of sulfonamides is 1. The molecule has 1 amide bonds. The molecule has 5 nitrogen and oxygen atoms in total. The summed E-state index contributed by atoms with van der Waals surface area (Å²) >= 11 is 5.69. The van der Waals surface area contributed by atoms with E-state index in [1.54, 1.807) is 0 Å². The van der Waals surface area contributed by atoms with E-state index >= 15 is 0 Å². The molecular weight excluding hydrogens is 369 g/mol. The highest BCUT2D eigenvalue weighted by Gasteiger charge is 2.18. The topological polar surface area (TPSA) is 75.3 Å². The molecule has 2 aromatic rings. The van der Waals surface area contributed by atoms with E-state index in [1.165, 1.54) is 24.3 Å². The smallest absolute Gasteiger partial charge is 0.241 e. The number of amides is 1. The maximum absolute atomic E-state index is 13.4. The largest absolute Gasteiger partial charge is 0.322 e. The molecule has 0 aromatic heterocycles. The SMILES string of the molecule is O=C(CNS(=O)(=O)c1cccc(Cl)c1)Nc1ccc(F)c(F)c1F. The molecule has 0 bridgehead atoms. The minimum Gasteiger partial charge on any atom is -0.322 e. The standard InChI is InChI=1S/C14H10ClF3N2O3S/c15-8-2-1-3-9(6-8)24(22,23)19-7-12(21)20-11-5-4-10(16)13(17)14(11)18/h1-6,19H,7H2,(H,20,21). The first-order valence-electron chi connectivity index (χ1n) is 6.39. The number of carbonyl (C=O) groups is 1. The van der Waals surface area contributed by atoms with E-state index in [4.69, 9.17) is 11.6 Å². The van der Waals surface area contributed by atoms with Crippen LogP contribution in [0, 0.1) is 17.5 Å². The lowest BCUT2D eigenvalue weighted by molar-refractivity contribution is -0.115. The molecule has 0 aliphatic carbocycles. The second-order valence-electron chi connectivity index (χ2n) is 4.55. The number of halogens is 4. The first-order valence-corrected chi connectivity index (χ1v) is 8.25. The number of nitrogens with one attached hydrogen (secondary N) is 2. The summed E-state index contributed by atoms with van der Waals surface area (Å²) in [4.78, 5) is 11.5. The number of hydrogen-bond donors (Lipinski definition) is 2. The number of hydrogen-bond acceptors (Lipinski definition) is 3. The number of rotatable bonds is 5. The van der Waals surface area contributed by atoms with E-state index in [0.29, 0.717) is 6.07 Å². The lowest BCUT2D eigenvalue weighted by Crippen LogP contribution is -2.33. The van der Waals surface area contributed by atoms with Gasteiger partial charge in [-0.05, 0) is 30.3 Å². The van der Waals surface area contributed by atoms with Gasteiger partial charge in [0, 0.05) is 5.02 Å². The third kappa shape index (κ3) is 4.25. The molecule has 0 fully saturated rings. The Labute approximate surface area is 140 Å². The van der Waals surface area contributed by atoms with Gasteiger partial charge >= 0.3 is 0 Å². The van der Waals surface area contributed by atoms with Crippen molar-refractivity contribution in [1.82, 2.24) is 4.72 Å². The fraction of sp³-hybridized carbons (Fsp3) is 0.0714. The Morgan fingerprint density at radius 1 is 1.08 bits per heavy atom. The zero-order valence-electron chi connectivity index (χ0n) is 11.8. The molecule has 2 rings (SSSR count). The molecular formula is C14H10ClF3N2O3S. The van der Waals surface area contributed by atoms with E-state index < -0.39 is 45.6 Å². The van der Waals surface area contributed by atoms with Crippen molar-refractivity contribution in [2.45, 2.75) is 4.90 Å². The van der Waals surface area contributed by atoms with Gasteiger partial charge in [0.2, 0.25) is 15.9 Å². The minimum atomic E-state index is -4.02. The van der Waals surface area contributed by atoms with Crippen molar-refractivity contribution in [3.63, 3.8) is 0 Å². The Hall–Kier alpha value is -2.10. The van der Waals surface area contributed by atoms with Crippen LogP contribution in [0.5, 0.6) is 0 Å². The zero-order chi connectivity index (χ0) is 17.9. The first kappa shape index (κ1) is 18.2. The van der Waals surface area contributed by atoms with Crippen LogP contribution in [-0.2, 0) is 14.8 Å². The molecule has 0 radical (unpaired) electrons. The summed E-state index contributed by atoms with van der Waals surface area (Å²) in [5.74, 6) is -5.70. The molecule has 2 aromatic carbocycles. The second-order valence-corrected chi connectivity index (χ2v) is 6.76. The van der Waals surface area contributed by atoms with E-state index in [2.05, 4.69) is 0 Å². The van der Waals surface area contributed by atoms with Gasteiger partial charge in [-0.3, -0.25) is 4.79 Å². The number of anilines is 1. The highest BCUT2D eigenvalue weighted by Crippen LogP contribution is 2.19. The lowest BCUT2D eigenvalue weighted by Gasteiger charge is -2.09. The third-order valence-electron chi connectivity index (χ3n) is 2.84. The maximum atomic E-state index is 13.4. The summed E-state index contributed by atoms with van der Waals surface area (Å²) in [5, 5.41) is 2.13. The average molecular weight is 379 g/mol. The summed E-state index contributed by atoms with van der Waals surface area (Å²) in [6.07, 6.45) is 0. The first-order chi connectivity index (χ1) is 11.2. The fourth-order valence-corrected chi connectivity index (χ4v) is 2.98. The lowest BCUT2D eigenvalue weighted by atomic mass is 10.3. The highest BCUT2D eigenvalue weighted by molar-refractivity contribution is 7.89. The minimum absolute atomic E-state index is 0.165. The molecule has 24 heavy (non-hydrogen) atoms. The average Bonchev–Trinajstić information content (AvgIpc) is 2.54. The summed E-state index contributed by atoms with van der Waals surface area (Å²) in [6.45, 7) is -0.743. The van der Waals surface area contributed by atoms with Crippen molar-refractivity contribution >= 4 is 33.2 Å². The molecule has 0 heterocycles. The number of benzene rings is 2. The van der Waals surface area contributed by atoms with Crippen molar-refractivity contribution in [3.05, 3.63) is 58.9 Å². The second kappa shape index (κ2) is 7.20. The van der Waals surface area contributed by atoms with Crippen LogP contribution < -0.4 is 10.0 Å². The summed E-state index contributed by atoms with van der Waals surface area (Å²) in [6, 6.07) is 6.77. The van der Waals surface area contributed by atoms with Gasteiger partial charge in [0.1, 0.15) is 0 Å². The van der Waals surface area contributed by atoms with Crippen molar-refractivity contribution in [3.8, 4) is 0 Å². The molecule has 0 spiro atoms. The number of carbonyl (C=O) groups excluding carboxylic acids is 1. The molecule has 0 aliphatic heterocycles. The summed E-state index contributed by atoms with van der Waals surface area (Å²) in [7, 11) is -4.02. The molecule has 0 unspecified atom stereocenters. The van der Waals surface area contributed by atoms with Crippen LogP contribution in [0.2, 0.25) is 5.02 Å². The predicted molar refractivity (Wildman–Crippen MR) is 81.6 cm³/mol. The summed E-state index contributed by atoms with van der Waals surface area (Å²) in [5.41, 5.74) is -0.610. The molecule has 0 saturated carbocycles. The Kier molecular flexibility index (Phi) is 5.47. The summed E-state index contributed by atoms with van der Waals surface area (Å²) < 4.78 is 65.2. The van der Waals surface area contributed by atoms with Crippen LogP contribution in [0.15, 0.2) is 41.3 Å². The van der Waals surface area contributed by atoms with Gasteiger partial charge in [0.25, 0.3) is 0 Å². The van der Waals surface area contributed by atoms with Crippen molar-refractivity contribution in [2.75, 3.05) is 11.9 Å². The van der Waals surface area contributed by atoms with Gasteiger partial charge < -0.3 is 5.32 Å². The fourth-order valence-electron chi connectivity index (χ4n) is 1.69. The van der Waals surface area contributed by atoms with Gasteiger partial charge in [0.05, 0.1) is 17.1 Å². The van der Waals surface area contributed by atoms with Crippen LogP contribution >= 0.6 is 11.6 Å². The highest BCUT2D eigenvalue weighted by atomic mass is 35.5. The van der Waals surface area contributed by atoms with Crippen LogP contribution in [0.1, 0.15) is 0 Å². The third-order valence-corrected chi connectivity index (χ3v) is 4.47. The van der Waals surface area contributed by atoms with Crippen molar-refractivity contribution < 1.29 is 26.4 Å². The zero-order valence-corrected chi connectivity index (χ0v) is 13.4. The van der Waals surface area contributed by atoms with E-state index in [9.17, 15) is 26.4 Å². The molecule has 128 valence electrons. The Balaban J connectivity index is 2.05. The normalized spacial score (nSPS) is 11.3. The van der Waals surface area contributed by atoms with Crippen molar-refractivity contribution in [1.29, 1.82) is 0 Å². The molecule has 0 atom stereocenters.